The third kappa shape index (κ3) is 4.11. The molecule has 0 unspecified atom stereocenters. The predicted molar refractivity (Wildman–Crippen MR) is 69.1 cm³/mol. The van der Waals surface area contributed by atoms with E-state index in [0.29, 0.717) is 19.4 Å². The van der Waals surface area contributed by atoms with Crippen molar-refractivity contribution >= 4 is 21.8 Å². The van der Waals surface area contributed by atoms with Crippen molar-refractivity contribution in [3.63, 3.8) is 0 Å². The molecule has 1 N–H and O–H groups in total. The van der Waals surface area contributed by atoms with Gasteiger partial charge in [0.05, 0.1) is 0 Å². The lowest BCUT2D eigenvalue weighted by molar-refractivity contribution is 0.0944. The van der Waals surface area contributed by atoms with Gasteiger partial charge in [0.15, 0.2) is 0 Å². The number of nitrogens with one attached hydrogen (secondary N) is 1. The van der Waals surface area contributed by atoms with Crippen molar-refractivity contribution in [2.75, 3.05) is 6.54 Å². The summed E-state index contributed by atoms with van der Waals surface area (Å²) in [5.41, 5.74) is -0.560. The number of hydrogen-bond donors (Lipinski definition) is 1. The van der Waals surface area contributed by atoms with Gasteiger partial charge in [0.25, 0.3) is 5.91 Å². The average molecular weight is 316 g/mol. The van der Waals surface area contributed by atoms with Crippen LogP contribution in [0.3, 0.4) is 0 Å². The van der Waals surface area contributed by atoms with Crippen LogP contribution in [-0.4, -0.2) is 12.5 Å². The van der Waals surface area contributed by atoms with Gasteiger partial charge in [0.2, 0.25) is 0 Å². The van der Waals surface area contributed by atoms with Crippen molar-refractivity contribution in [1.82, 2.24) is 5.32 Å². The summed E-state index contributed by atoms with van der Waals surface area (Å²) >= 11 is 2.95. The number of amides is 1. The van der Waals surface area contributed by atoms with Gasteiger partial charge >= 0.3 is 0 Å². The summed E-state index contributed by atoms with van der Waals surface area (Å²) in [6.45, 7) is 0.343. The standard InChI is InChI=1S/C13H12BrF2NO/c1-2-3-4-5-6-17-13(18)12-10(15)7-9(14)8-11(12)16/h1,7-8H,3-6H2,(H,17,18). The van der Waals surface area contributed by atoms with Crippen LogP contribution in [0.1, 0.15) is 29.6 Å². The molecule has 1 aromatic carbocycles. The lowest BCUT2D eigenvalue weighted by atomic mass is 10.1. The van der Waals surface area contributed by atoms with Crippen LogP contribution in [0.15, 0.2) is 16.6 Å². The van der Waals surface area contributed by atoms with Gasteiger partial charge in [-0.25, -0.2) is 8.78 Å². The molecule has 1 amide bonds. The molecule has 0 aliphatic rings. The number of terminal acetylenes is 1. The van der Waals surface area contributed by atoms with Gasteiger partial charge in [-0.05, 0) is 25.0 Å². The van der Waals surface area contributed by atoms with Crippen molar-refractivity contribution in [3.05, 3.63) is 33.8 Å². The Kier molecular flexibility index (Phi) is 5.79. The Labute approximate surface area is 113 Å². The maximum Gasteiger partial charge on any atom is 0.257 e. The van der Waals surface area contributed by atoms with Crippen LogP contribution in [0.4, 0.5) is 8.78 Å². The topological polar surface area (TPSA) is 29.1 Å². The number of benzene rings is 1. The Morgan fingerprint density at radius 2 is 1.94 bits per heavy atom. The first kappa shape index (κ1) is 14.7. The van der Waals surface area contributed by atoms with E-state index in [-0.39, 0.29) is 4.47 Å². The highest BCUT2D eigenvalue weighted by Gasteiger charge is 2.17. The summed E-state index contributed by atoms with van der Waals surface area (Å²) in [5.74, 6) is -0.0498. The van der Waals surface area contributed by atoms with Gasteiger partial charge in [0.1, 0.15) is 17.2 Å². The fraction of sp³-hybridized carbons (Fsp3) is 0.308. The number of hydrogen-bond acceptors (Lipinski definition) is 1. The van der Waals surface area contributed by atoms with Gasteiger partial charge in [-0.3, -0.25) is 4.79 Å². The maximum absolute atomic E-state index is 13.4. The summed E-state index contributed by atoms with van der Waals surface area (Å²) in [4.78, 5) is 11.6. The van der Waals surface area contributed by atoms with Crippen molar-refractivity contribution < 1.29 is 13.6 Å². The minimum atomic E-state index is -0.886. The first-order valence-electron chi connectivity index (χ1n) is 5.42. The molecule has 1 aromatic rings. The van der Waals surface area contributed by atoms with E-state index < -0.39 is 23.1 Å². The number of carbonyl (C=O) groups excluding carboxylic acids is 1. The Hall–Kier alpha value is -1.41. The van der Waals surface area contributed by atoms with Crippen molar-refractivity contribution in [2.24, 2.45) is 0 Å². The molecule has 0 fully saturated rings. The molecular weight excluding hydrogens is 304 g/mol. The summed E-state index contributed by atoms with van der Waals surface area (Å²) in [7, 11) is 0. The quantitative estimate of drug-likeness (QED) is 0.656. The number of unbranched alkanes of at least 4 members (excludes halogenated alkanes) is 2. The Bertz CT molecular complexity index is 459. The lowest BCUT2D eigenvalue weighted by Crippen LogP contribution is -2.26. The molecule has 0 spiro atoms. The molecule has 0 aliphatic carbocycles. The highest BCUT2D eigenvalue weighted by molar-refractivity contribution is 9.10. The van der Waals surface area contributed by atoms with E-state index in [1.54, 1.807) is 0 Å². The SMILES string of the molecule is C#CCCCCNC(=O)c1c(F)cc(Br)cc1F. The zero-order chi connectivity index (χ0) is 13.5. The summed E-state index contributed by atoms with van der Waals surface area (Å²) in [6, 6.07) is 2.10. The van der Waals surface area contributed by atoms with Crippen molar-refractivity contribution in [1.29, 1.82) is 0 Å². The van der Waals surface area contributed by atoms with Gasteiger partial charge in [-0.1, -0.05) is 15.9 Å². The zero-order valence-corrected chi connectivity index (χ0v) is 11.2. The second-order valence-corrected chi connectivity index (χ2v) is 4.58. The smallest absolute Gasteiger partial charge is 0.257 e. The molecule has 18 heavy (non-hydrogen) atoms. The highest BCUT2D eigenvalue weighted by atomic mass is 79.9. The molecule has 0 bridgehead atoms. The average Bonchev–Trinajstić information content (AvgIpc) is 2.27. The monoisotopic (exact) mass is 315 g/mol. The molecular formula is C13H12BrF2NO. The molecule has 1 rings (SSSR count). The van der Waals surface area contributed by atoms with E-state index >= 15 is 0 Å². The summed E-state index contributed by atoms with van der Waals surface area (Å²) in [5, 5.41) is 2.46. The second-order valence-electron chi connectivity index (χ2n) is 3.66. The van der Waals surface area contributed by atoms with Crippen LogP contribution in [0.2, 0.25) is 0 Å². The minimum absolute atomic E-state index is 0.253. The maximum atomic E-state index is 13.4. The Morgan fingerprint density at radius 1 is 1.33 bits per heavy atom. The van der Waals surface area contributed by atoms with E-state index in [1.807, 2.05) is 0 Å². The largest absolute Gasteiger partial charge is 0.352 e. The van der Waals surface area contributed by atoms with Crippen LogP contribution >= 0.6 is 15.9 Å². The number of carbonyl (C=O) groups is 1. The van der Waals surface area contributed by atoms with E-state index in [1.165, 1.54) is 0 Å². The molecule has 0 saturated heterocycles. The van der Waals surface area contributed by atoms with E-state index in [2.05, 4.69) is 27.2 Å². The van der Waals surface area contributed by atoms with Gasteiger partial charge in [-0.15, -0.1) is 12.3 Å². The molecule has 2 nitrogen and oxygen atoms in total. The van der Waals surface area contributed by atoms with Crippen LogP contribution < -0.4 is 5.32 Å². The highest BCUT2D eigenvalue weighted by Crippen LogP contribution is 2.19. The first-order chi connectivity index (χ1) is 8.56. The second kappa shape index (κ2) is 7.12. The summed E-state index contributed by atoms with van der Waals surface area (Å²) in [6.07, 6.45) is 7.14. The first-order valence-corrected chi connectivity index (χ1v) is 6.21. The van der Waals surface area contributed by atoms with Crippen LogP contribution in [0.25, 0.3) is 0 Å². The van der Waals surface area contributed by atoms with E-state index in [0.717, 1.165) is 18.6 Å². The predicted octanol–water partition coefficient (Wildman–Crippen LogP) is 3.26. The van der Waals surface area contributed by atoms with Gasteiger partial charge in [0, 0.05) is 17.4 Å². The fourth-order valence-corrected chi connectivity index (χ4v) is 1.80. The third-order valence-electron chi connectivity index (χ3n) is 2.27. The number of halogens is 3. The van der Waals surface area contributed by atoms with Crippen molar-refractivity contribution in [3.8, 4) is 12.3 Å². The van der Waals surface area contributed by atoms with E-state index in [9.17, 15) is 13.6 Å². The van der Waals surface area contributed by atoms with Crippen LogP contribution in [-0.2, 0) is 0 Å². The Balaban J connectivity index is 2.60. The molecule has 5 heteroatoms. The van der Waals surface area contributed by atoms with Crippen molar-refractivity contribution in [2.45, 2.75) is 19.3 Å². The van der Waals surface area contributed by atoms with Crippen LogP contribution in [0.5, 0.6) is 0 Å². The molecule has 0 aromatic heterocycles. The lowest BCUT2D eigenvalue weighted by Gasteiger charge is -2.07. The molecule has 0 atom stereocenters. The zero-order valence-electron chi connectivity index (χ0n) is 9.60. The Morgan fingerprint density at radius 3 is 2.50 bits per heavy atom. The molecule has 0 aliphatic heterocycles. The number of rotatable bonds is 5. The molecule has 0 saturated carbocycles. The molecule has 0 heterocycles. The minimum Gasteiger partial charge on any atom is -0.352 e. The molecule has 0 radical (unpaired) electrons. The summed E-state index contributed by atoms with van der Waals surface area (Å²) < 4.78 is 27.1. The van der Waals surface area contributed by atoms with Crippen LogP contribution in [0, 0.1) is 24.0 Å². The van der Waals surface area contributed by atoms with Gasteiger partial charge < -0.3 is 5.32 Å². The fourth-order valence-electron chi connectivity index (χ4n) is 1.40. The third-order valence-corrected chi connectivity index (χ3v) is 2.73. The van der Waals surface area contributed by atoms with E-state index in [4.69, 9.17) is 6.42 Å². The van der Waals surface area contributed by atoms with Gasteiger partial charge in [-0.2, -0.15) is 0 Å². The molecule has 96 valence electrons. The normalized spacial score (nSPS) is 9.89.